The summed E-state index contributed by atoms with van der Waals surface area (Å²) < 4.78 is 0. The first-order valence-electron chi connectivity index (χ1n) is 7.69. The van der Waals surface area contributed by atoms with Gasteiger partial charge in [0.05, 0.1) is 0 Å². The summed E-state index contributed by atoms with van der Waals surface area (Å²) in [6.45, 7) is 0. The Hall–Kier alpha value is -3.40. The molecular formula is C20H15N3O. The molecule has 0 aliphatic heterocycles. The highest BCUT2D eigenvalue weighted by molar-refractivity contribution is 6.05. The van der Waals surface area contributed by atoms with Gasteiger partial charge in [-0.15, -0.1) is 0 Å². The van der Waals surface area contributed by atoms with Gasteiger partial charge in [-0.1, -0.05) is 30.3 Å². The van der Waals surface area contributed by atoms with Gasteiger partial charge in [-0.2, -0.15) is 0 Å². The molecule has 0 fully saturated rings. The van der Waals surface area contributed by atoms with Gasteiger partial charge >= 0.3 is 0 Å². The molecule has 2 heterocycles. The molecule has 0 bridgehead atoms. The summed E-state index contributed by atoms with van der Waals surface area (Å²) in [6.07, 6.45) is 3.68. The Bertz CT molecular complexity index is 1010. The van der Waals surface area contributed by atoms with Crippen molar-refractivity contribution in [3.63, 3.8) is 0 Å². The standard InChI is InChI=1S/C20H15N3O/c24-20(23-18-7-2-1-3-8-18)16-6-4-5-14(11-16)17-12-15-9-10-21-19(15)22-13-17/h1-13H,(H,21,22)(H,23,24). The molecule has 0 saturated carbocycles. The Kier molecular flexibility index (Phi) is 3.56. The maximum absolute atomic E-state index is 12.4. The number of para-hydroxylation sites is 1. The van der Waals surface area contributed by atoms with Gasteiger partial charge in [-0.25, -0.2) is 4.98 Å². The van der Waals surface area contributed by atoms with Crippen molar-refractivity contribution in [3.8, 4) is 11.1 Å². The summed E-state index contributed by atoms with van der Waals surface area (Å²) in [4.78, 5) is 19.9. The highest BCUT2D eigenvalue weighted by Crippen LogP contribution is 2.23. The third-order valence-electron chi connectivity index (χ3n) is 3.89. The molecule has 0 atom stereocenters. The molecule has 0 radical (unpaired) electrons. The number of nitrogens with one attached hydrogen (secondary N) is 2. The molecule has 4 rings (SSSR count). The SMILES string of the molecule is O=C(Nc1ccccc1)c1cccc(-c2cnc3[nH]ccc3c2)c1. The van der Waals surface area contributed by atoms with Crippen molar-refractivity contribution in [2.24, 2.45) is 0 Å². The van der Waals surface area contributed by atoms with Crippen molar-refractivity contribution in [2.75, 3.05) is 5.32 Å². The Morgan fingerprint density at radius 2 is 1.79 bits per heavy atom. The lowest BCUT2D eigenvalue weighted by Crippen LogP contribution is -2.11. The van der Waals surface area contributed by atoms with E-state index in [1.807, 2.05) is 73.1 Å². The zero-order valence-corrected chi connectivity index (χ0v) is 12.9. The van der Waals surface area contributed by atoms with Gasteiger partial charge < -0.3 is 10.3 Å². The molecule has 2 aromatic carbocycles. The lowest BCUT2D eigenvalue weighted by atomic mass is 10.0. The second-order valence-corrected chi connectivity index (χ2v) is 5.54. The second-order valence-electron chi connectivity index (χ2n) is 5.54. The first-order valence-corrected chi connectivity index (χ1v) is 7.69. The van der Waals surface area contributed by atoms with E-state index in [-0.39, 0.29) is 5.91 Å². The molecule has 4 aromatic rings. The summed E-state index contributed by atoms with van der Waals surface area (Å²) in [7, 11) is 0. The monoisotopic (exact) mass is 313 g/mol. The van der Waals surface area contributed by atoms with E-state index >= 15 is 0 Å². The van der Waals surface area contributed by atoms with Crippen LogP contribution >= 0.6 is 0 Å². The van der Waals surface area contributed by atoms with Crippen LogP contribution in [0.1, 0.15) is 10.4 Å². The predicted octanol–water partition coefficient (Wildman–Crippen LogP) is 4.48. The molecule has 4 heteroatoms. The third kappa shape index (κ3) is 2.77. The Balaban J connectivity index is 1.64. The van der Waals surface area contributed by atoms with Crippen molar-refractivity contribution >= 4 is 22.6 Å². The van der Waals surface area contributed by atoms with Crippen molar-refractivity contribution in [1.29, 1.82) is 0 Å². The van der Waals surface area contributed by atoms with E-state index in [1.165, 1.54) is 0 Å². The number of H-pyrrole nitrogens is 1. The molecule has 24 heavy (non-hydrogen) atoms. The summed E-state index contributed by atoms with van der Waals surface area (Å²) in [6, 6.07) is 21.0. The topological polar surface area (TPSA) is 57.8 Å². The van der Waals surface area contributed by atoms with Crippen molar-refractivity contribution in [1.82, 2.24) is 9.97 Å². The number of rotatable bonds is 3. The summed E-state index contributed by atoms with van der Waals surface area (Å²) in [5.74, 6) is -0.126. The van der Waals surface area contributed by atoms with E-state index in [0.717, 1.165) is 27.8 Å². The van der Waals surface area contributed by atoms with Crippen molar-refractivity contribution < 1.29 is 4.79 Å². The number of carbonyl (C=O) groups excluding carboxylic acids is 1. The minimum absolute atomic E-state index is 0.126. The van der Waals surface area contributed by atoms with Gasteiger partial charge in [0.1, 0.15) is 5.65 Å². The number of pyridine rings is 1. The van der Waals surface area contributed by atoms with E-state index in [9.17, 15) is 4.79 Å². The van der Waals surface area contributed by atoms with Crippen LogP contribution in [0.25, 0.3) is 22.2 Å². The number of hydrogen-bond acceptors (Lipinski definition) is 2. The van der Waals surface area contributed by atoms with Crippen LogP contribution in [0.3, 0.4) is 0 Å². The van der Waals surface area contributed by atoms with Gasteiger partial charge in [0, 0.05) is 34.6 Å². The normalized spacial score (nSPS) is 10.7. The van der Waals surface area contributed by atoms with Crippen LogP contribution in [0.15, 0.2) is 79.1 Å². The van der Waals surface area contributed by atoms with Crippen molar-refractivity contribution in [3.05, 3.63) is 84.7 Å². The quantitative estimate of drug-likeness (QED) is 0.586. The summed E-state index contributed by atoms with van der Waals surface area (Å²) >= 11 is 0. The van der Waals surface area contributed by atoms with Crippen LogP contribution in [0, 0.1) is 0 Å². The van der Waals surface area contributed by atoms with E-state index in [1.54, 1.807) is 0 Å². The molecule has 1 amide bonds. The number of carbonyl (C=O) groups is 1. The fourth-order valence-corrected chi connectivity index (χ4v) is 2.66. The fraction of sp³-hybridized carbons (Fsp3) is 0. The molecule has 0 aliphatic rings. The van der Waals surface area contributed by atoms with Crippen LogP contribution in [0.5, 0.6) is 0 Å². The Morgan fingerprint density at radius 1 is 0.917 bits per heavy atom. The Labute approximate surface area is 139 Å². The van der Waals surface area contributed by atoms with Gasteiger partial charge in [0.15, 0.2) is 0 Å². The van der Waals surface area contributed by atoms with Gasteiger partial charge in [-0.05, 0) is 42.0 Å². The molecule has 116 valence electrons. The number of benzene rings is 2. The molecular weight excluding hydrogens is 298 g/mol. The highest BCUT2D eigenvalue weighted by atomic mass is 16.1. The number of anilines is 1. The number of aromatic amines is 1. The molecule has 0 spiro atoms. The van der Waals surface area contributed by atoms with E-state index in [4.69, 9.17) is 0 Å². The smallest absolute Gasteiger partial charge is 0.255 e. The lowest BCUT2D eigenvalue weighted by molar-refractivity contribution is 0.102. The van der Waals surface area contributed by atoms with Crippen molar-refractivity contribution in [2.45, 2.75) is 0 Å². The average Bonchev–Trinajstić information content (AvgIpc) is 3.10. The maximum atomic E-state index is 12.4. The first-order chi connectivity index (χ1) is 11.8. The fourth-order valence-electron chi connectivity index (χ4n) is 2.66. The van der Waals surface area contributed by atoms with E-state index in [2.05, 4.69) is 21.4 Å². The van der Waals surface area contributed by atoms with Gasteiger partial charge in [0.25, 0.3) is 5.91 Å². The molecule has 0 unspecified atom stereocenters. The summed E-state index contributed by atoms with van der Waals surface area (Å²) in [5.41, 5.74) is 4.20. The zero-order valence-electron chi connectivity index (χ0n) is 12.9. The number of nitrogens with zero attached hydrogens (tertiary/aromatic N) is 1. The van der Waals surface area contributed by atoms with Crippen LogP contribution < -0.4 is 5.32 Å². The average molecular weight is 313 g/mol. The highest BCUT2D eigenvalue weighted by Gasteiger charge is 2.08. The Morgan fingerprint density at radius 3 is 2.67 bits per heavy atom. The van der Waals surface area contributed by atoms with Crippen LogP contribution in [-0.4, -0.2) is 15.9 Å². The maximum Gasteiger partial charge on any atom is 0.255 e. The lowest BCUT2D eigenvalue weighted by Gasteiger charge is -2.07. The van der Waals surface area contributed by atoms with Crippen LogP contribution in [-0.2, 0) is 0 Å². The predicted molar refractivity (Wildman–Crippen MR) is 95.9 cm³/mol. The van der Waals surface area contributed by atoms with Gasteiger partial charge in [0.2, 0.25) is 0 Å². The zero-order chi connectivity index (χ0) is 16.4. The number of amides is 1. The third-order valence-corrected chi connectivity index (χ3v) is 3.89. The number of hydrogen-bond donors (Lipinski definition) is 2. The van der Waals surface area contributed by atoms with Crippen LogP contribution in [0.4, 0.5) is 5.69 Å². The molecule has 0 aliphatic carbocycles. The minimum atomic E-state index is -0.126. The molecule has 2 aromatic heterocycles. The molecule has 4 nitrogen and oxygen atoms in total. The molecule has 2 N–H and O–H groups in total. The van der Waals surface area contributed by atoms with E-state index < -0.39 is 0 Å². The second kappa shape index (κ2) is 6.01. The summed E-state index contributed by atoms with van der Waals surface area (Å²) in [5, 5.41) is 3.95. The number of fused-ring (bicyclic) bond motifs is 1. The van der Waals surface area contributed by atoms with E-state index in [0.29, 0.717) is 5.56 Å². The van der Waals surface area contributed by atoms with Crippen LogP contribution in [0.2, 0.25) is 0 Å². The first kappa shape index (κ1) is 14.2. The van der Waals surface area contributed by atoms with Gasteiger partial charge in [-0.3, -0.25) is 4.79 Å². The minimum Gasteiger partial charge on any atom is -0.346 e. The number of aromatic nitrogens is 2. The molecule has 0 saturated heterocycles. The largest absolute Gasteiger partial charge is 0.346 e.